The molecule has 2 nitrogen and oxygen atoms in total. The summed E-state index contributed by atoms with van der Waals surface area (Å²) in [7, 11) is 1.65. The summed E-state index contributed by atoms with van der Waals surface area (Å²) >= 11 is 0. The number of hydrogen-bond donors (Lipinski definition) is 0. The topological polar surface area (TPSA) is 26.3 Å². The van der Waals surface area contributed by atoms with Gasteiger partial charge in [0.25, 0.3) is 0 Å². The Morgan fingerprint density at radius 2 is 2.21 bits per heavy atom. The highest BCUT2D eigenvalue weighted by atomic mass is 16.5. The molecule has 0 radical (unpaired) electrons. The number of fused-ring (bicyclic) bond motifs is 1. The zero-order chi connectivity index (χ0) is 10.1. The second-order valence-electron chi connectivity index (χ2n) is 3.79. The van der Waals surface area contributed by atoms with Gasteiger partial charge < -0.3 is 4.74 Å². The molecule has 0 amide bonds. The first-order valence-electron chi connectivity index (χ1n) is 4.90. The summed E-state index contributed by atoms with van der Waals surface area (Å²) in [5, 5.41) is 0. The maximum Gasteiger partial charge on any atom is 0.162 e. The minimum Gasteiger partial charge on any atom is -0.497 e. The summed E-state index contributed by atoms with van der Waals surface area (Å²) in [6.07, 6.45) is 8.83. The molecule has 0 aromatic carbocycles. The zero-order valence-electron chi connectivity index (χ0n) is 8.49. The van der Waals surface area contributed by atoms with Gasteiger partial charge in [0.2, 0.25) is 0 Å². The van der Waals surface area contributed by atoms with Crippen LogP contribution in [0.15, 0.2) is 35.6 Å². The van der Waals surface area contributed by atoms with Gasteiger partial charge in [0.15, 0.2) is 5.78 Å². The normalized spacial score (nSPS) is 30.6. The van der Waals surface area contributed by atoms with E-state index in [4.69, 9.17) is 4.74 Å². The highest BCUT2D eigenvalue weighted by Gasteiger charge is 2.26. The first-order chi connectivity index (χ1) is 6.72. The van der Waals surface area contributed by atoms with Crippen LogP contribution < -0.4 is 0 Å². The molecule has 0 aromatic heterocycles. The molecule has 74 valence electrons. The van der Waals surface area contributed by atoms with Crippen molar-refractivity contribution in [2.45, 2.75) is 13.3 Å². The number of rotatable bonds is 1. The van der Waals surface area contributed by atoms with E-state index in [2.05, 4.69) is 6.08 Å². The van der Waals surface area contributed by atoms with Crippen molar-refractivity contribution in [3.63, 3.8) is 0 Å². The van der Waals surface area contributed by atoms with Crippen LogP contribution in [0.4, 0.5) is 0 Å². The minimum absolute atomic E-state index is 0.00575. The van der Waals surface area contributed by atoms with Crippen molar-refractivity contribution in [3.05, 3.63) is 35.6 Å². The van der Waals surface area contributed by atoms with E-state index in [-0.39, 0.29) is 11.7 Å². The molecular formula is C12H14O2. The number of allylic oxidation sites excluding steroid dienone is 5. The fraction of sp³-hybridized carbons (Fsp3) is 0.417. The van der Waals surface area contributed by atoms with Crippen LogP contribution in [0.25, 0.3) is 0 Å². The molecule has 0 saturated heterocycles. The molecule has 2 heteroatoms. The van der Waals surface area contributed by atoms with E-state index in [1.807, 2.05) is 19.1 Å². The average Bonchev–Trinajstić information content (AvgIpc) is 2.50. The maximum atomic E-state index is 11.6. The van der Waals surface area contributed by atoms with Crippen molar-refractivity contribution in [1.29, 1.82) is 0 Å². The van der Waals surface area contributed by atoms with Crippen LogP contribution in [0.5, 0.6) is 0 Å². The molecule has 0 bridgehead atoms. The molecule has 0 fully saturated rings. The largest absolute Gasteiger partial charge is 0.497 e. The van der Waals surface area contributed by atoms with Crippen molar-refractivity contribution in [2.24, 2.45) is 11.8 Å². The van der Waals surface area contributed by atoms with Crippen molar-refractivity contribution in [2.75, 3.05) is 7.11 Å². The minimum atomic E-state index is 0.00575. The van der Waals surface area contributed by atoms with Gasteiger partial charge in [-0.25, -0.2) is 0 Å². The highest BCUT2D eigenvalue weighted by Crippen LogP contribution is 2.34. The quantitative estimate of drug-likeness (QED) is 0.593. The van der Waals surface area contributed by atoms with Crippen LogP contribution in [-0.2, 0) is 9.53 Å². The van der Waals surface area contributed by atoms with Gasteiger partial charge >= 0.3 is 0 Å². The van der Waals surface area contributed by atoms with Crippen LogP contribution in [0.2, 0.25) is 0 Å². The first-order valence-corrected chi connectivity index (χ1v) is 4.90. The molecule has 0 unspecified atom stereocenters. The molecule has 0 N–H and O–H groups in total. The van der Waals surface area contributed by atoms with E-state index in [1.54, 1.807) is 13.2 Å². The lowest BCUT2D eigenvalue weighted by molar-refractivity contribution is -0.116. The van der Waals surface area contributed by atoms with Crippen LogP contribution in [0, 0.1) is 11.8 Å². The van der Waals surface area contributed by atoms with Crippen LogP contribution in [0.3, 0.4) is 0 Å². The van der Waals surface area contributed by atoms with Crippen molar-refractivity contribution >= 4 is 5.78 Å². The molecule has 0 aliphatic heterocycles. The number of ether oxygens (including phenoxy) is 1. The zero-order valence-corrected chi connectivity index (χ0v) is 8.49. The van der Waals surface area contributed by atoms with E-state index in [0.29, 0.717) is 5.92 Å². The van der Waals surface area contributed by atoms with E-state index in [9.17, 15) is 4.79 Å². The number of carbonyl (C=O) groups is 1. The molecule has 0 heterocycles. The Kier molecular flexibility index (Phi) is 2.28. The molecular weight excluding hydrogens is 176 g/mol. The lowest BCUT2D eigenvalue weighted by Crippen LogP contribution is -2.04. The predicted octanol–water partition coefficient (Wildman–Crippen LogP) is 2.24. The Morgan fingerprint density at radius 3 is 2.93 bits per heavy atom. The number of carbonyl (C=O) groups excluding carboxylic acids is 1. The molecule has 14 heavy (non-hydrogen) atoms. The first kappa shape index (κ1) is 9.25. The molecule has 2 rings (SSSR count). The van der Waals surface area contributed by atoms with Crippen LogP contribution in [0.1, 0.15) is 13.3 Å². The summed E-state index contributed by atoms with van der Waals surface area (Å²) in [6, 6.07) is 0. The van der Waals surface area contributed by atoms with Crippen LogP contribution >= 0.6 is 0 Å². The van der Waals surface area contributed by atoms with Gasteiger partial charge in [-0.1, -0.05) is 19.1 Å². The van der Waals surface area contributed by atoms with Gasteiger partial charge in [-0.15, -0.1) is 0 Å². The Hall–Kier alpha value is -1.31. The predicted molar refractivity (Wildman–Crippen MR) is 54.6 cm³/mol. The molecule has 2 atom stereocenters. The van der Waals surface area contributed by atoms with Crippen LogP contribution in [-0.4, -0.2) is 12.9 Å². The smallest absolute Gasteiger partial charge is 0.162 e. The van der Waals surface area contributed by atoms with Crippen molar-refractivity contribution in [3.8, 4) is 0 Å². The second kappa shape index (κ2) is 3.45. The Bertz CT molecular complexity index is 347. The molecule has 0 saturated carbocycles. The Morgan fingerprint density at radius 1 is 1.43 bits per heavy atom. The summed E-state index contributed by atoms with van der Waals surface area (Å²) in [5.74, 6) is 1.38. The summed E-state index contributed by atoms with van der Waals surface area (Å²) in [4.78, 5) is 11.6. The van der Waals surface area contributed by atoms with Gasteiger partial charge in [0, 0.05) is 17.4 Å². The molecule has 2 aliphatic rings. The maximum absolute atomic E-state index is 11.6. The SMILES string of the molecule is COC1=CC[C@H]2C=C[C@@H](C)C(=O)C=C12. The lowest BCUT2D eigenvalue weighted by Gasteiger charge is -2.07. The van der Waals surface area contributed by atoms with Gasteiger partial charge in [-0.05, 0) is 18.6 Å². The van der Waals surface area contributed by atoms with E-state index in [0.717, 1.165) is 17.8 Å². The van der Waals surface area contributed by atoms with Gasteiger partial charge in [-0.3, -0.25) is 4.79 Å². The third-order valence-electron chi connectivity index (χ3n) is 2.84. The standard InChI is InChI=1S/C12H14O2/c1-8-3-4-9-5-6-12(14-2)10(9)7-11(8)13/h3-4,6-9H,5H2,1-2H3/t8-,9-/m1/s1. The third-order valence-corrected chi connectivity index (χ3v) is 2.84. The van der Waals surface area contributed by atoms with Gasteiger partial charge in [-0.2, -0.15) is 0 Å². The Balaban J connectivity index is 2.36. The summed E-state index contributed by atoms with van der Waals surface area (Å²) < 4.78 is 5.23. The van der Waals surface area contributed by atoms with Crippen molar-refractivity contribution in [1.82, 2.24) is 0 Å². The van der Waals surface area contributed by atoms with E-state index >= 15 is 0 Å². The highest BCUT2D eigenvalue weighted by molar-refractivity contribution is 5.94. The van der Waals surface area contributed by atoms with Crippen molar-refractivity contribution < 1.29 is 9.53 Å². The van der Waals surface area contributed by atoms with E-state index < -0.39 is 0 Å². The summed E-state index contributed by atoms with van der Waals surface area (Å²) in [6.45, 7) is 1.92. The molecule has 0 aromatic rings. The number of ketones is 1. The average molecular weight is 190 g/mol. The fourth-order valence-electron chi connectivity index (χ4n) is 1.90. The monoisotopic (exact) mass is 190 g/mol. The second-order valence-corrected chi connectivity index (χ2v) is 3.79. The lowest BCUT2D eigenvalue weighted by atomic mass is 10.0. The number of methoxy groups -OCH3 is 1. The van der Waals surface area contributed by atoms with E-state index in [1.165, 1.54) is 0 Å². The van der Waals surface area contributed by atoms with Gasteiger partial charge in [0.05, 0.1) is 7.11 Å². The molecule has 2 aliphatic carbocycles. The number of hydrogen-bond acceptors (Lipinski definition) is 2. The molecule has 0 spiro atoms. The third kappa shape index (κ3) is 1.41. The Labute approximate surface area is 83.9 Å². The fourth-order valence-corrected chi connectivity index (χ4v) is 1.90. The summed E-state index contributed by atoms with van der Waals surface area (Å²) in [5.41, 5.74) is 1.04. The van der Waals surface area contributed by atoms with Gasteiger partial charge in [0.1, 0.15) is 5.76 Å².